The SMILES string of the molecule is COC(=O)C1CCN(CCCn2ccnc2)C1. The first-order valence-electron chi connectivity index (χ1n) is 6.05. The topological polar surface area (TPSA) is 47.4 Å². The summed E-state index contributed by atoms with van der Waals surface area (Å²) in [7, 11) is 1.46. The Morgan fingerprint density at radius 3 is 3.12 bits per heavy atom. The van der Waals surface area contributed by atoms with Gasteiger partial charge in [0, 0.05) is 25.5 Å². The lowest BCUT2D eigenvalue weighted by molar-refractivity contribution is -0.144. The minimum Gasteiger partial charge on any atom is -0.469 e. The molecule has 0 radical (unpaired) electrons. The van der Waals surface area contributed by atoms with E-state index in [1.54, 1.807) is 6.20 Å². The maximum Gasteiger partial charge on any atom is 0.310 e. The lowest BCUT2D eigenvalue weighted by Gasteiger charge is -2.15. The summed E-state index contributed by atoms with van der Waals surface area (Å²) in [5, 5.41) is 0. The number of imidazole rings is 1. The molecule has 0 spiro atoms. The number of esters is 1. The van der Waals surface area contributed by atoms with Crippen LogP contribution in [0.2, 0.25) is 0 Å². The van der Waals surface area contributed by atoms with Gasteiger partial charge in [-0.15, -0.1) is 0 Å². The molecule has 1 fully saturated rings. The van der Waals surface area contributed by atoms with Gasteiger partial charge in [0.15, 0.2) is 0 Å². The summed E-state index contributed by atoms with van der Waals surface area (Å²) in [4.78, 5) is 17.7. The zero-order valence-corrected chi connectivity index (χ0v) is 10.2. The lowest BCUT2D eigenvalue weighted by atomic mass is 10.1. The number of nitrogens with zero attached hydrogens (tertiary/aromatic N) is 3. The number of ether oxygens (including phenoxy) is 1. The highest BCUT2D eigenvalue weighted by atomic mass is 16.5. The van der Waals surface area contributed by atoms with Crippen LogP contribution in [0.4, 0.5) is 0 Å². The molecule has 0 aliphatic carbocycles. The van der Waals surface area contributed by atoms with Crippen molar-refractivity contribution in [3.63, 3.8) is 0 Å². The van der Waals surface area contributed by atoms with Crippen LogP contribution in [0.3, 0.4) is 0 Å². The molecule has 5 heteroatoms. The molecule has 5 nitrogen and oxygen atoms in total. The Morgan fingerprint density at radius 2 is 2.41 bits per heavy atom. The molecule has 0 amide bonds. The second-order valence-corrected chi connectivity index (χ2v) is 4.46. The van der Waals surface area contributed by atoms with Crippen molar-refractivity contribution in [1.29, 1.82) is 0 Å². The standard InChI is InChI=1S/C12H19N3O2/c1-17-12(16)11-3-7-14(9-11)5-2-6-15-8-4-13-10-15/h4,8,10-11H,2-3,5-7,9H2,1H3. The van der Waals surface area contributed by atoms with E-state index in [9.17, 15) is 4.79 Å². The number of carbonyl (C=O) groups is 1. The van der Waals surface area contributed by atoms with Crippen LogP contribution >= 0.6 is 0 Å². The number of aryl methyl sites for hydroxylation is 1. The molecule has 1 saturated heterocycles. The quantitative estimate of drug-likeness (QED) is 0.710. The van der Waals surface area contributed by atoms with Gasteiger partial charge in [-0.25, -0.2) is 4.98 Å². The van der Waals surface area contributed by atoms with Gasteiger partial charge in [0.1, 0.15) is 0 Å². The minimum atomic E-state index is -0.0675. The van der Waals surface area contributed by atoms with E-state index in [0.717, 1.165) is 39.0 Å². The maximum absolute atomic E-state index is 11.4. The van der Waals surface area contributed by atoms with E-state index in [0.29, 0.717) is 0 Å². The number of rotatable bonds is 5. The normalized spacial score (nSPS) is 20.6. The first kappa shape index (κ1) is 12.1. The smallest absolute Gasteiger partial charge is 0.310 e. The Labute approximate surface area is 101 Å². The summed E-state index contributed by atoms with van der Waals surface area (Å²) >= 11 is 0. The predicted octanol–water partition coefficient (Wildman–Crippen LogP) is 0.768. The van der Waals surface area contributed by atoms with Crippen molar-refractivity contribution in [3.8, 4) is 0 Å². The van der Waals surface area contributed by atoms with E-state index < -0.39 is 0 Å². The molecular formula is C12H19N3O2. The van der Waals surface area contributed by atoms with Gasteiger partial charge in [-0.1, -0.05) is 0 Å². The second-order valence-electron chi connectivity index (χ2n) is 4.46. The van der Waals surface area contributed by atoms with Crippen molar-refractivity contribution in [2.45, 2.75) is 19.4 Å². The van der Waals surface area contributed by atoms with Crippen LogP contribution in [0.5, 0.6) is 0 Å². The molecule has 1 atom stereocenters. The predicted molar refractivity (Wildman–Crippen MR) is 63.4 cm³/mol. The van der Waals surface area contributed by atoms with Crippen LogP contribution in [0.1, 0.15) is 12.8 Å². The third-order valence-corrected chi connectivity index (χ3v) is 3.26. The Kier molecular flexibility index (Phi) is 4.14. The third kappa shape index (κ3) is 3.30. The Morgan fingerprint density at radius 1 is 1.53 bits per heavy atom. The minimum absolute atomic E-state index is 0.0675. The van der Waals surface area contributed by atoms with E-state index in [1.807, 2.05) is 12.5 Å². The summed E-state index contributed by atoms with van der Waals surface area (Å²) < 4.78 is 6.85. The van der Waals surface area contributed by atoms with Crippen LogP contribution in [-0.4, -0.2) is 47.2 Å². The molecule has 1 unspecified atom stereocenters. The molecule has 0 N–H and O–H groups in total. The zero-order chi connectivity index (χ0) is 12.1. The molecule has 0 bridgehead atoms. The molecule has 1 aliphatic rings. The van der Waals surface area contributed by atoms with Gasteiger partial charge in [0.2, 0.25) is 0 Å². The number of hydrogen-bond donors (Lipinski definition) is 0. The highest BCUT2D eigenvalue weighted by Gasteiger charge is 2.28. The number of aromatic nitrogens is 2. The number of carbonyl (C=O) groups excluding carboxylic acids is 1. The van der Waals surface area contributed by atoms with E-state index in [-0.39, 0.29) is 11.9 Å². The molecule has 1 aromatic rings. The Bertz CT molecular complexity index is 351. The first-order valence-corrected chi connectivity index (χ1v) is 6.05. The van der Waals surface area contributed by atoms with Gasteiger partial charge < -0.3 is 14.2 Å². The largest absolute Gasteiger partial charge is 0.469 e. The van der Waals surface area contributed by atoms with Gasteiger partial charge in [0.05, 0.1) is 19.4 Å². The van der Waals surface area contributed by atoms with Crippen molar-refractivity contribution in [2.75, 3.05) is 26.7 Å². The Balaban J connectivity index is 1.66. The van der Waals surface area contributed by atoms with Gasteiger partial charge in [-0.3, -0.25) is 4.79 Å². The van der Waals surface area contributed by atoms with Gasteiger partial charge in [0.25, 0.3) is 0 Å². The fourth-order valence-corrected chi connectivity index (χ4v) is 2.29. The van der Waals surface area contributed by atoms with Crippen LogP contribution in [0.15, 0.2) is 18.7 Å². The van der Waals surface area contributed by atoms with Crippen LogP contribution in [-0.2, 0) is 16.1 Å². The van der Waals surface area contributed by atoms with E-state index in [1.165, 1.54) is 7.11 Å². The van der Waals surface area contributed by atoms with Gasteiger partial charge in [-0.05, 0) is 25.9 Å². The highest BCUT2D eigenvalue weighted by Crippen LogP contribution is 2.17. The van der Waals surface area contributed by atoms with Crippen molar-refractivity contribution >= 4 is 5.97 Å². The summed E-state index contributed by atoms with van der Waals surface area (Å²) in [6.07, 6.45) is 7.62. The zero-order valence-electron chi connectivity index (χ0n) is 10.2. The summed E-state index contributed by atoms with van der Waals surface area (Å²) in [6, 6.07) is 0. The summed E-state index contributed by atoms with van der Waals surface area (Å²) in [5.74, 6) is 0.00959. The molecule has 0 aromatic carbocycles. The van der Waals surface area contributed by atoms with E-state index in [4.69, 9.17) is 4.74 Å². The van der Waals surface area contributed by atoms with Crippen LogP contribution in [0.25, 0.3) is 0 Å². The van der Waals surface area contributed by atoms with Crippen molar-refractivity contribution in [3.05, 3.63) is 18.7 Å². The van der Waals surface area contributed by atoms with Crippen molar-refractivity contribution < 1.29 is 9.53 Å². The molecule has 1 aliphatic heterocycles. The van der Waals surface area contributed by atoms with Gasteiger partial charge >= 0.3 is 5.97 Å². The average molecular weight is 237 g/mol. The molecule has 0 saturated carbocycles. The average Bonchev–Trinajstić information content (AvgIpc) is 2.99. The Hall–Kier alpha value is -1.36. The third-order valence-electron chi connectivity index (χ3n) is 3.26. The van der Waals surface area contributed by atoms with Crippen molar-refractivity contribution in [1.82, 2.24) is 14.5 Å². The molecule has 17 heavy (non-hydrogen) atoms. The number of likely N-dealkylation sites (tertiary alicyclic amines) is 1. The van der Waals surface area contributed by atoms with E-state index in [2.05, 4.69) is 14.5 Å². The molecule has 94 valence electrons. The van der Waals surface area contributed by atoms with Crippen LogP contribution < -0.4 is 0 Å². The summed E-state index contributed by atoms with van der Waals surface area (Å²) in [5.41, 5.74) is 0. The monoisotopic (exact) mass is 237 g/mol. The maximum atomic E-state index is 11.4. The number of hydrogen-bond acceptors (Lipinski definition) is 4. The summed E-state index contributed by atoms with van der Waals surface area (Å²) in [6.45, 7) is 3.87. The molecule has 2 heterocycles. The lowest BCUT2D eigenvalue weighted by Crippen LogP contribution is -2.25. The fourth-order valence-electron chi connectivity index (χ4n) is 2.29. The van der Waals surface area contributed by atoms with Gasteiger partial charge in [-0.2, -0.15) is 0 Å². The molecular weight excluding hydrogens is 218 g/mol. The number of methoxy groups -OCH3 is 1. The molecule has 2 rings (SSSR count). The van der Waals surface area contributed by atoms with Crippen molar-refractivity contribution in [2.24, 2.45) is 5.92 Å². The molecule has 1 aromatic heterocycles. The first-order chi connectivity index (χ1) is 8.29. The van der Waals surface area contributed by atoms with E-state index >= 15 is 0 Å². The fraction of sp³-hybridized carbons (Fsp3) is 0.667. The second kappa shape index (κ2) is 5.82. The highest BCUT2D eigenvalue weighted by molar-refractivity contribution is 5.72. The van der Waals surface area contributed by atoms with Crippen LogP contribution in [0, 0.1) is 5.92 Å².